The van der Waals surface area contributed by atoms with Gasteiger partial charge in [-0.05, 0) is 54.3 Å². The lowest BCUT2D eigenvalue weighted by atomic mass is 10.0. The van der Waals surface area contributed by atoms with Gasteiger partial charge < -0.3 is 14.6 Å². The number of ether oxygens (including phenoxy) is 2. The molecule has 0 aliphatic rings. The van der Waals surface area contributed by atoms with Crippen LogP contribution in [0.2, 0.25) is 0 Å². The van der Waals surface area contributed by atoms with Gasteiger partial charge in [0.1, 0.15) is 34.8 Å². The summed E-state index contributed by atoms with van der Waals surface area (Å²) in [6.45, 7) is 4.00. The smallest absolute Gasteiger partial charge is 0.281 e. The molecular formula is C29H28N4O6S. The molecule has 1 N–H and O–H groups in total. The first-order chi connectivity index (χ1) is 19.1. The van der Waals surface area contributed by atoms with Gasteiger partial charge in [-0.2, -0.15) is 10.2 Å². The summed E-state index contributed by atoms with van der Waals surface area (Å²) in [7, 11) is -1.70. The zero-order valence-corrected chi connectivity index (χ0v) is 23.3. The first kappa shape index (κ1) is 28.3. The molecule has 206 valence electrons. The van der Waals surface area contributed by atoms with Crippen molar-refractivity contribution in [2.45, 2.75) is 36.5 Å². The maximum absolute atomic E-state index is 14.0. The molecule has 0 bridgehead atoms. The second-order valence-electron chi connectivity index (χ2n) is 9.30. The van der Waals surface area contributed by atoms with Crippen molar-refractivity contribution < 1.29 is 23.0 Å². The molecule has 4 rings (SSSR count). The van der Waals surface area contributed by atoms with Crippen molar-refractivity contribution in [1.82, 2.24) is 14.5 Å². The van der Waals surface area contributed by atoms with Crippen molar-refractivity contribution in [2.75, 3.05) is 14.2 Å². The van der Waals surface area contributed by atoms with Gasteiger partial charge in [-0.3, -0.25) is 9.36 Å². The van der Waals surface area contributed by atoms with Gasteiger partial charge in [0, 0.05) is 18.2 Å². The summed E-state index contributed by atoms with van der Waals surface area (Å²) in [5.74, 6) is 0.0376. The number of hydrogen-bond donors (Lipinski definition) is 1. The standard InChI is InChI=1S/C29H28N4O6S/c1-18(2)10-15-25-32-28(34)27(29(35)33(25)26-23(38-3)8-5-9-24(26)39-4)40(36,37)20-13-11-19(12-14-20)21-7-6-16-31-22(21)17-30/h5-9,11-14,16,18,34H,10,15H2,1-4H3. The third-order valence-corrected chi connectivity index (χ3v) is 8.11. The largest absolute Gasteiger partial charge is 0.494 e. The Morgan fingerprint density at radius 3 is 2.25 bits per heavy atom. The monoisotopic (exact) mass is 560 g/mol. The molecule has 10 nitrogen and oxygen atoms in total. The maximum atomic E-state index is 14.0. The third kappa shape index (κ3) is 5.26. The minimum atomic E-state index is -4.54. The van der Waals surface area contributed by atoms with E-state index in [9.17, 15) is 23.6 Å². The summed E-state index contributed by atoms with van der Waals surface area (Å²) in [6.07, 6.45) is 2.39. The first-order valence-corrected chi connectivity index (χ1v) is 13.9. The number of aryl methyl sites for hydroxylation is 1. The molecule has 0 aliphatic carbocycles. The lowest BCUT2D eigenvalue weighted by Crippen LogP contribution is -2.30. The van der Waals surface area contributed by atoms with Gasteiger partial charge >= 0.3 is 0 Å². The molecule has 0 radical (unpaired) electrons. The second-order valence-corrected chi connectivity index (χ2v) is 11.2. The minimum Gasteiger partial charge on any atom is -0.494 e. The first-order valence-electron chi connectivity index (χ1n) is 12.4. The van der Waals surface area contributed by atoms with Crippen LogP contribution in [0.3, 0.4) is 0 Å². The normalized spacial score (nSPS) is 11.3. The lowest BCUT2D eigenvalue weighted by Gasteiger charge is -2.20. The van der Waals surface area contributed by atoms with Crippen molar-refractivity contribution in [2.24, 2.45) is 5.92 Å². The van der Waals surface area contributed by atoms with Crippen LogP contribution in [0.15, 0.2) is 75.4 Å². The van der Waals surface area contributed by atoms with E-state index in [0.717, 1.165) is 4.57 Å². The van der Waals surface area contributed by atoms with E-state index in [1.807, 2.05) is 19.9 Å². The van der Waals surface area contributed by atoms with Crippen LogP contribution in [0.4, 0.5) is 0 Å². The van der Waals surface area contributed by atoms with Crippen LogP contribution in [0, 0.1) is 17.2 Å². The van der Waals surface area contributed by atoms with Crippen molar-refractivity contribution in [1.29, 1.82) is 5.26 Å². The molecule has 0 fully saturated rings. The van der Waals surface area contributed by atoms with Crippen LogP contribution in [-0.4, -0.2) is 42.3 Å². The number of pyridine rings is 1. The predicted molar refractivity (Wildman–Crippen MR) is 148 cm³/mol. The van der Waals surface area contributed by atoms with Gasteiger partial charge in [0.2, 0.25) is 15.7 Å². The van der Waals surface area contributed by atoms with Crippen LogP contribution >= 0.6 is 0 Å². The number of rotatable bonds is 9. The molecule has 0 amide bonds. The number of hydrogen-bond acceptors (Lipinski definition) is 9. The van der Waals surface area contributed by atoms with Crippen LogP contribution < -0.4 is 15.0 Å². The summed E-state index contributed by atoms with van der Waals surface area (Å²) < 4.78 is 39.7. The number of benzene rings is 2. The Bertz CT molecular complexity index is 1730. The molecule has 2 aromatic heterocycles. The zero-order valence-electron chi connectivity index (χ0n) is 22.5. The zero-order chi connectivity index (χ0) is 29.0. The van der Waals surface area contributed by atoms with E-state index in [1.54, 1.807) is 30.3 Å². The molecule has 4 aromatic rings. The Balaban J connectivity index is 1.93. The highest BCUT2D eigenvalue weighted by atomic mass is 32.2. The number of nitrogens with zero attached hydrogens (tertiary/aromatic N) is 4. The van der Waals surface area contributed by atoms with Gasteiger partial charge in [0.25, 0.3) is 5.56 Å². The molecule has 0 unspecified atom stereocenters. The number of methoxy groups -OCH3 is 2. The Morgan fingerprint density at radius 1 is 1.02 bits per heavy atom. The average Bonchev–Trinajstić information content (AvgIpc) is 2.95. The van der Waals surface area contributed by atoms with Crippen LogP contribution in [0.25, 0.3) is 16.8 Å². The van der Waals surface area contributed by atoms with E-state index in [1.165, 1.54) is 44.7 Å². The molecule has 11 heteroatoms. The number of para-hydroxylation sites is 1. The van der Waals surface area contributed by atoms with Crippen molar-refractivity contribution in [3.8, 4) is 40.3 Å². The maximum Gasteiger partial charge on any atom is 0.281 e. The predicted octanol–water partition coefficient (Wildman–Crippen LogP) is 4.31. The Labute approximate surface area is 232 Å². The van der Waals surface area contributed by atoms with E-state index >= 15 is 0 Å². The van der Waals surface area contributed by atoms with E-state index in [0.29, 0.717) is 17.5 Å². The van der Waals surface area contributed by atoms with Gasteiger partial charge in [-0.25, -0.2) is 13.4 Å². The molecule has 2 aromatic carbocycles. The summed E-state index contributed by atoms with van der Waals surface area (Å²) in [5.41, 5.74) is 0.462. The quantitative estimate of drug-likeness (QED) is 0.316. The Hall–Kier alpha value is -4.69. The van der Waals surface area contributed by atoms with E-state index in [4.69, 9.17) is 9.47 Å². The van der Waals surface area contributed by atoms with E-state index < -0.39 is 26.2 Å². The van der Waals surface area contributed by atoms with Crippen molar-refractivity contribution in [3.63, 3.8) is 0 Å². The lowest BCUT2D eigenvalue weighted by molar-refractivity contribution is 0.386. The number of aromatic nitrogens is 3. The highest BCUT2D eigenvalue weighted by molar-refractivity contribution is 7.91. The van der Waals surface area contributed by atoms with Gasteiger partial charge in [-0.15, -0.1) is 0 Å². The molecule has 0 saturated carbocycles. The summed E-state index contributed by atoms with van der Waals surface area (Å²) in [4.78, 5) is 21.1. The summed E-state index contributed by atoms with van der Waals surface area (Å²) in [6, 6.07) is 15.9. The minimum absolute atomic E-state index is 0.161. The molecule has 0 atom stereocenters. The van der Waals surface area contributed by atoms with Crippen LogP contribution in [0.1, 0.15) is 31.8 Å². The molecule has 0 saturated heterocycles. The summed E-state index contributed by atoms with van der Waals surface area (Å²) in [5, 5.41) is 20.2. The number of nitriles is 1. The number of sulfone groups is 1. The van der Waals surface area contributed by atoms with E-state index in [-0.39, 0.29) is 45.9 Å². The second kappa shape index (κ2) is 11.6. The summed E-state index contributed by atoms with van der Waals surface area (Å²) >= 11 is 0. The highest BCUT2D eigenvalue weighted by Gasteiger charge is 2.31. The van der Waals surface area contributed by atoms with Crippen LogP contribution in [-0.2, 0) is 16.3 Å². The van der Waals surface area contributed by atoms with Gasteiger partial charge in [-0.1, -0.05) is 32.0 Å². The topological polar surface area (TPSA) is 144 Å². The molecule has 40 heavy (non-hydrogen) atoms. The highest BCUT2D eigenvalue weighted by Crippen LogP contribution is 2.34. The van der Waals surface area contributed by atoms with E-state index in [2.05, 4.69) is 9.97 Å². The Morgan fingerprint density at radius 2 is 1.68 bits per heavy atom. The molecule has 0 aliphatic heterocycles. The molecular weight excluding hydrogens is 532 g/mol. The fourth-order valence-electron chi connectivity index (χ4n) is 4.30. The van der Waals surface area contributed by atoms with Crippen LogP contribution in [0.5, 0.6) is 17.4 Å². The van der Waals surface area contributed by atoms with Gasteiger partial charge in [0.15, 0.2) is 4.90 Å². The van der Waals surface area contributed by atoms with Crippen molar-refractivity contribution in [3.05, 3.63) is 82.7 Å². The third-order valence-electron chi connectivity index (χ3n) is 6.32. The molecule has 0 spiro atoms. The van der Waals surface area contributed by atoms with Gasteiger partial charge in [0.05, 0.1) is 19.1 Å². The average molecular weight is 561 g/mol. The van der Waals surface area contributed by atoms with Crippen molar-refractivity contribution >= 4 is 9.84 Å². The number of aromatic hydroxyl groups is 1. The Kier molecular flexibility index (Phi) is 8.21. The SMILES string of the molecule is COc1cccc(OC)c1-n1c(CCC(C)C)nc(O)c(S(=O)(=O)c2ccc(-c3cccnc3C#N)cc2)c1=O. The fraction of sp³-hybridized carbons (Fsp3) is 0.241. The molecule has 2 heterocycles. The fourth-order valence-corrected chi connectivity index (χ4v) is 5.64.